The maximum absolute atomic E-state index is 10.1. The topological polar surface area (TPSA) is 90.7 Å². The summed E-state index contributed by atoms with van der Waals surface area (Å²) in [6, 6.07) is 0. The average molecular weight is 236 g/mol. The first-order chi connectivity index (χ1) is 6.72. The summed E-state index contributed by atoms with van der Waals surface area (Å²) >= 11 is 0. The first-order valence-corrected chi connectivity index (χ1v) is 4.87. The molecule has 0 aliphatic heterocycles. The Hall–Kier alpha value is -0.970. The van der Waals surface area contributed by atoms with Crippen LogP contribution in [0, 0.1) is 5.92 Å². The van der Waals surface area contributed by atoms with Gasteiger partial charge in [0, 0.05) is 6.54 Å². The van der Waals surface area contributed by atoms with E-state index in [0.717, 1.165) is 25.7 Å². The number of hydrogen-bond donors (Lipinski definition) is 2. The lowest BCUT2D eigenvalue weighted by Gasteiger charge is -2.25. The Kier molecular flexibility index (Phi) is 6.86. The van der Waals surface area contributed by atoms with E-state index in [2.05, 4.69) is 4.99 Å². The molecule has 6 heteroatoms. The van der Waals surface area contributed by atoms with E-state index in [4.69, 9.17) is 16.2 Å². The summed E-state index contributed by atoms with van der Waals surface area (Å²) in [6.45, 7) is 1.22. The van der Waals surface area contributed by atoms with Crippen molar-refractivity contribution in [2.45, 2.75) is 31.8 Å². The fourth-order valence-corrected chi connectivity index (χ4v) is 1.76. The molecule has 1 saturated carbocycles. The minimum Gasteiger partial charge on any atom is -0.465 e. The molecule has 0 atom stereocenters. The summed E-state index contributed by atoms with van der Waals surface area (Å²) in [4.78, 5) is 14.1. The molecule has 0 aromatic heterocycles. The predicted molar refractivity (Wildman–Crippen MR) is 60.8 cm³/mol. The van der Waals surface area contributed by atoms with E-state index in [0.29, 0.717) is 18.9 Å². The van der Waals surface area contributed by atoms with Crippen molar-refractivity contribution in [1.29, 1.82) is 0 Å². The van der Waals surface area contributed by atoms with Crippen LogP contribution in [0.4, 0.5) is 0 Å². The van der Waals surface area contributed by atoms with Gasteiger partial charge in [-0.05, 0) is 31.6 Å². The smallest absolute Gasteiger partial charge is 0.293 e. The van der Waals surface area contributed by atoms with Crippen LogP contribution in [0.25, 0.3) is 0 Å². The van der Waals surface area contributed by atoms with Gasteiger partial charge in [-0.2, -0.15) is 0 Å². The standard InChI is InChI=1S/C9H17N3O2.ClH/c10-9(11)12-5-7-1-3-8(4-2-7)14-6-13;/h6-8H,1-5H2,(H4,10,11,12);1H. The molecule has 0 aromatic rings. The van der Waals surface area contributed by atoms with E-state index >= 15 is 0 Å². The van der Waals surface area contributed by atoms with E-state index in [1.54, 1.807) is 0 Å². The zero-order valence-electron chi connectivity index (χ0n) is 8.59. The molecule has 0 saturated heterocycles. The summed E-state index contributed by atoms with van der Waals surface area (Å²) < 4.78 is 4.89. The van der Waals surface area contributed by atoms with Gasteiger partial charge in [-0.3, -0.25) is 9.79 Å². The Morgan fingerprint density at radius 2 is 1.93 bits per heavy atom. The molecule has 5 nitrogen and oxygen atoms in total. The quantitative estimate of drug-likeness (QED) is 0.420. The molecule has 15 heavy (non-hydrogen) atoms. The van der Waals surface area contributed by atoms with E-state index in [1.807, 2.05) is 0 Å². The van der Waals surface area contributed by atoms with Crippen LogP contribution in [0.3, 0.4) is 0 Å². The summed E-state index contributed by atoms with van der Waals surface area (Å²) in [5.41, 5.74) is 10.5. The Bertz CT molecular complexity index is 211. The SMILES string of the molecule is Cl.NC(N)=NCC1CCC(OC=O)CC1. The number of hydrogen-bond acceptors (Lipinski definition) is 3. The Morgan fingerprint density at radius 3 is 2.40 bits per heavy atom. The van der Waals surface area contributed by atoms with E-state index < -0.39 is 0 Å². The molecule has 0 bridgehead atoms. The first kappa shape index (κ1) is 14.0. The fourth-order valence-electron chi connectivity index (χ4n) is 1.76. The van der Waals surface area contributed by atoms with Gasteiger partial charge in [-0.25, -0.2) is 0 Å². The molecule has 1 fully saturated rings. The van der Waals surface area contributed by atoms with Gasteiger partial charge >= 0.3 is 0 Å². The van der Waals surface area contributed by atoms with Crippen molar-refractivity contribution in [2.24, 2.45) is 22.4 Å². The molecule has 4 N–H and O–H groups in total. The second-order valence-corrected chi connectivity index (χ2v) is 3.64. The van der Waals surface area contributed by atoms with Crippen molar-refractivity contribution in [3.05, 3.63) is 0 Å². The van der Waals surface area contributed by atoms with Gasteiger partial charge < -0.3 is 16.2 Å². The lowest BCUT2D eigenvalue weighted by atomic mass is 9.87. The predicted octanol–water partition coefficient (Wildman–Crippen LogP) is 0.413. The number of nitrogens with two attached hydrogens (primary N) is 2. The van der Waals surface area contributed by atoms with Gasteiger partial charge in [-0.1, -0.05) is 0 Å². The number of halogens is 1. The van der Waals surface area contributed by atoms with Crippen LogP contribution in [-0.4, -0.2) is 25.1 Å². The van der Waals surface area contributed by atoms with Crippen molar-refractivity contribution >= 4 is 24.8 Å². The lowest BCUT2D eigenvalue weighted by molar-refractivity contribution is -0.135. The number of carbonyl (C=O) groups excluding carboxylic acids is 1. The maximum Gasteiger partial charge on any atom is 0.293 e. The molecule has 0 unspecified atom stereocenters. The molecular formula is C9H18ClN3O2. The van der Waals surface area contributed by atoms with Gasteiger partial charge in [0.25, 0.3) is 6.47 Å². The fraction of sp³-hybridized carbons (Fsp3) is 0.778. The summed E-state index contributed by atoms with van der Waals surface area (Å²) in [6.07, 6.45) is 3.99. The highest BCUT2D eigenvalue weighted by molar-refractivity contribution is 5.85. The van der Waals surface area contributed by atoms with Gasteiger partial charge in [-0.15, -0.1) is 12.4 Å². The molecule has 0 aromatic carbocycles. The van der Waals surface area contributed by atoms with Crippen molar-refractivity contribution < 1.29 is 9.53 Å². The van der Waals surface area contributed by atoms with Gasteiger partial charge in [0.1, 0.15) is 6.10 Å². The van der Waals surface area contributed by atoms with Crippen molar-refractivity contribution in [3.63, 3.8) is 0 Å². The minimum absolute atomic E-state index is 0. The van der Waals surface area contributed by atoms with Gasteiger partial charge in [0.2, 0.25) is 0 Å². The third-order valence-corrected chi connectivity index (χ3v) is 2.57. The molecular weight excluding hydrogens is 218 g/mol. The van der Waals surface area contributed by atoms with E-state index in [9.17, 15) is 4.79 Å². The highest BCUT2D eigenvalue weighted by Gasteiger charge is 2.21. The number of guanidine groups is 1. The summed E-state index contributed by atoms with van der Waals surface area (Å²) in [5.74, 6) is 0.680. The summed E-state index contributed by atoms with van der Waals surface area (Å²) in [5, 5.41) is 0. The lowest BCUT2D eigenvalue weighted by Crippen LogP contribution is -2.26. The molecule has 0 heterocycles. The molecule has 1 aliphatic rings. The van der Waals surface area contributed by atoms with Crippen molar-refractivity contribution in [1.82, 2.24) is 0 Å². The average Bonchev–Trinajstić information content (AvgIpc) is 2.17. The Balaban J connectivity index is 0.00000196. The van der Waals surface area contributed by atoms with Crippen molar-refractivity contribution in [3.8, 4) is 0 Å². The number of nitrogens with zero attached hydrogens (tertiary/aromatic N) is 1. The summed E-state index contributed by atoms with van der Waals surface area (Å²) in [7, 11) is 0. The van der Waals surface area contributed by atoms with Crippen LogP contribution in [0.15, 0.2) is 4.99 Å². The number of aliphatic imine (C=N–C) groups is 1. The van der Waals surface area contributed by atoms with Gasteiger partial charge in [0.15, 0.2) is 5.96 Å². The molecule has 1 rings (SSSR count). The minimum atomic E-state index is 0. The van der Waals surface area contributed by atoms with Crippen LogP contribution in [0.5, 0.6) is 0 Å². The number of rotatable bonds is 4. The van der Waals surface area contributed by atoms with Crippen LogP contribution < -0.4 is 11.5 Å². The molecule has 88 valence electrons. The highest BCUT2D eigenvalue weighted by atomic mass is 35.5. The number of carbonyl (C=O) groups is 1. The van der Waals surface area contributed by atoms with Gasteiger partial charge in [0.05, 0.1) is 0 Å². The molecule has 0 spiro atoms. The molecule has 0 radical (unpaired) electrons. The first-order valence-electron chi connectivity index (χ1n) is 4.87. The largest absolute Gasteiger partial charge is 0.465 e. The normalized spacial score (nSPS) is 24.8. The maximum atomic E-state index is 10.1. The van der Waals surface area contributed by atoms with Crippen LogP contribution in [0.2, 0.25) is 0 Å². The van der Waals surface area contributed by atoms with Crippen LogP contribution in [0.1, 0.15) is 25.7 Å². The third-order valence-electron chi connectivity index (χ3n) is 2.57. The Labute approximate surface area is 95.7 Å². The number of ether oxygens (including phenoxy) is 1. The highest BCUT2D eigenvalue weighted by Crippen LogP contribution is 2.25. The molecule has 0 amide bonds. The molecule has 1 aliphatic carbocycles. The van der Waals surface area contributed by atoms with Crippen LogP contribution in [-0.2, 0) is 9.53 Å². The zero-order chi connectivity index (χ0) is 10.4. The third kappa shape index (κ3) is 5.47. The second-order valence-electron chi connectivity index (χ2n) is 3.64. The van der Waals surface area contributed by atoms with E-state index in [-0.39, 0.29) is 24.5 Å². The zero-order valence-corrected chi connectivity index (χ0v) is 9.41. The second kappa shape index (κ2) is 7.34. The van der Waals surface area contributed by atoms with Crippen molar-refractivity contribution in [2.75, 3.05) is 6.54 Å². The Morgan fingerprint density at radius 1 is 1.33 bits per heavy atom. The van der Waals surface area contributed by atoms with E-state index in [1.165, 1.54) is 0 Å². The monoisotopic (exact) mass is 235 g/mol. The van der Waals surface area contributed by atoms with Crippen LogP contribution >= 0.6 is 12.4 Å².